The highest BCUT2D eigenvalue weighted by Crippen LogP contribution is 2.16. The molecule has 23 heavy (non-hydrogen) atoms. The minimum Gasteiger partial charge on any atom is -0.355 e. The molecule has 0 aliphatic rings. The first-order chi connectivity index (χ1) is 11.0. The van der Waals surface area contributed by atoms with Crippen LogP contribution in [-0.4, -0.2) is 34.7 Å². The van der Waals surface area contributed by atoms with Crippen LogP contribution in [0.5, 0.6) is 0 Å². The molecule has 0 aliphatic heterocycles. The van der Waals surface area contributed by atoms with Crippen molar-refractivity contribution in [3.63, 3.8) is 0 Å². The third-order valence-corrected chi connectivity index (χ3v) is 3.32. The number of para-hydroxylation sites is 1. The van der Waals surface area contributed by atoms with Crippen molar-refractivity contribution in [2.45, 2.75) is 20.3 Å². The Morgan fingerprint density at radius 2 is 2.00 bits per heavy atom. The van der Waals surface area contributed by atoms with E-state index in [-0.39, 0.29) is 18.1 Å². The molecule has 1 aromatic carbocycles. The predicted octanol–water partition coefficient (Wildman–Crippen LogP) is 1.58. The van der Waals surface area contributed by atoms with Crippen LogP contribution in [0, 0.1) is 12.7 Å². The molecule has 1 heterocycles. The summed E-state index contributed by atoms with van der Waals surface area (Å²) in [6.45, 7) is 4.08. The van der Waals surface area contributed by atoms with Gasteiger partial charge >= 0.3 is 0 Å². The van der Waals surface area contributed by atoms with Gasteiger partial charge in [0.2, 0.25) is 5.91 Å². The van der Waals surface area contributed by atoms with Crippen molar-refractivity contribution in [3.05, 3.63) is 47.5 Å². The van der Waals surface area contributed by atoms with Crippen LogP contribution < -0.4 is 10.6 Å². The van der Waals surface area contributed by atoms with Crippen molar-refractivity contribution in [1.82, 2.24) is 20.4 Å². The average molecular weight is 318 g/mol. The van der Waals surface area contributed by atoms with E-state index in [1.807, 2.05) is 6.92 Å². The molecule has 0 atom stereocenters. The Balaban J connectivity index is 2.09. The minimum absolute atomic E-state index is 0.108. The van der Waals surface area contributed by atoms with Crippen LogP contribution in [0.1, 0.15) is 29.4 Å². The molecule has 0 aliphatic carbocycles. The van der Waals surface area contributed by atoms with Gasteiger partial charge in [-0.1, -0.05) is 19.1 Å². The summed E-state index contributed by atoms with van der Waals surface area (Å²) in [5.74, 6) is -1.10. The molecule has 2 rings (SSSR count). The lowest BCUT2D eigenvalue weighted by Gasteiger charge is -2.07. The zero-order valence-electron chi connectivity index (χ0n) is 13.1. The quantitative estimate of drug-likeness (QED) is 0.849. The van der Waals surface area contributed by atoms with E-state index >= 15 is 0 Å². The maximum absolute atomic E-state index is 13.8. The summed E-state index contributed by atoms with van der Waals surface area (Å²) in [5, 5.41) is 9.26. The van der Waals surface area contributed by atoms with Gasteiger partial charge in [-0.3, -0.25) is 9.59 Å². The zero-order chi connectivity index (χ0) is 16.8. The van der Waals surface area contributed by atoms with E-state index in [2.05, 4.69) is 15.7 Å². The Morgan fingerprint density at radius 1 is 1.26 bits per heavy atom. The number of nitrogens with zero attached hydrogens (tertiary/aromatic N) is 2. The van der Waals surface area contributed by atoms with Gasteiger partial charge in [-0.05, 0) is 25.5 Å². The lowest BCUT2D eigenvalue weighted by atomic mass is 10.2. The number of carbonyl (C=O) groups excluding carboxylic acids is 2. The number of rotatable bonds is 6. The summed E-state index contributed by atoms with van der Waals surface area (Å²) in [4.78, 5) is 23.6. The molecule has 2 aromatic rings. The molecular weight excluding hydrogens is 299 g/mol. The molecule has 0 fully saturated rings. The van der Waals surface area contributed by atoms with Crippen LogP contribution in [0.2, 0.25) is 0 Å². The Bertz CT molecular complexity index is 712. The Hall–Kier alpha value is -2.70. The molecule has 0 saturated carbocycles. The van der Waals surface area contributed by atoms with Crippen LogP contribution in [0.4, 0.5) is 4.39 Å². The van der Waals surface area contributed by atoms with E-state index in [9.17, 15) is 14.0 Å². The van der Waals surface area contributed by atoms with Gasteiger partial charge in [0.1, 0.15) is 11.5 Å². The monoisotopic (exact) mass is 318 g/mol. The van der Waals surface area contributed by atoms with Gasteiger partial charge in [-0.15, -0.1) is 0 Å². The standard InChI is InChI=1S/C16H19FN4O2/c1-3-8-18-15(22)10-19-16(23)12-9-20-21(11(12)2)14-7-5-4-6-13(14)17/h4-7,9H,3,8,10H2,1-2H3,(H,18,22)(H,19,23). The van der Waals surface area contributed by atoms with Gasteiger partial charge in [-0.25, -0.2) is 9.07 Å². The second-order valence-corrected chi connectivity index (χ2v) is 5.04. The Kier molecular flexibility index (Phi) is 5.46. The van der Waals surface area contributed by atoms with Gasteiger partial charge in [0.15, 0.2) is 0 Å². The molecular formula is C16H19FN4O2. The van der Waals surface area contributed by atoms with Gasteiger partial charge in [0.05, 0.1) is 24.0 Å². The van der Waals surface area contributed by atoms with Crippen LogP contribution in [0.3, 0.4) is 0 Å². The lowest BCUT2D eigenvalue weighted by Crippen LogP contribution is -2.37. The van der Waals surface area contributed by atoms with Crippen molar-refractivity contribution in [3.8, 4) is 5.69 Å². The summed E-state index contributed by atoms with van der Waals surface area (Å²) in [6, 6.07) is 6.18. The van der Waals surface area contributed by atoms with Gasteiger partial charge < -0.3 is 10.6 Å². The fourth-order valence-corrected chi connectivity index (χ4v) is 2.08. The zero-order valence-corrected chi connectivity index (χ0v) is 13.1. The first kappa shape index (κ1) is 16.7. The Labute approximate surface area is 133 Å². The highest BCUT2D eigenvalue weighted by molar-refractivity contribution is 5.97. The molecule has 7 heteroatoms. The topological polar surface area (TPSA) is 76.0 Å². The number of amides is 2. The average Bonchev–Trinajstić information content (AvgIpc) is 2.92. The van der Waals surface area contributed by atoms with Gasteiger partial charge in [0, 0.05) is 6.54 Å². The first-order valence-electron chi connectivity index (χ1n) is 7.39. The lowest BCUT2D eigenvalue weighted by molar-refractivity contribution is -0.120. The summed E-state index contributed by atoms with van der Waals surface area (Å²) in [6.07, 6.45) is 2.19. The highest BCUT2D eigenvalue weighted by atomic mass is 19.1. The second kappa shape index (κ2) is 7.53. The summed E-state index contributed by atoms with van der Waals surface area (Å²) >= 11 is 0. The van der Waals surface area contributed by atoms with E-state index in [4.69, 9.17) is 0 Å². The molecule has 0 radical (unpaired) electrons. The largest absolute Gasteiger partial charge is 0.355 e. The molecule has 2 amide bonds. The van der Waals surface area contributed by atoms with Crippen LogP contribution in [0.25, 0.3) is 5.69 Å². The normalized spacial score (nSPS) is 10.4. The summed E-state index contributed by atoms with van der Waals surface area (Å²) in [7, 11) is 0. The Morgan fingerprint density at radius 3 is 2.70 bits per heavy atom. The number of hydrogen-bond acceptors (Lipinski definition) is 3. The molecule has 6 nitrogen and oxygen atoms in total. The second-order valence-electron chi connectivity index (χ2n) is 5.04. The van der Waals surface area contributed by atoms with Crippen LogP contribution >= 0.6 is 0 Å². The predicted molar refractivity (Wildman–Crippen MR) is 83.9 cm³/mol. The number of aromatic nitrogens is 2. The highest BCUT2D eigenvalue weighted by Gasteiger charge is 2.17. The fraction of sp³-hybridized carbons (Fsp3) is 0.312. The summed E-state index contributed by atoms with van der Waals surface area (Å²) < 4.78 is 15.2. The SMILES string of the molecule is CCCNC(=O)CNC(=O)c1cnn(-c2ccccc2F)c1C. The number of nitrogens with one attached hydrogen (secondary N) is 2. The van der Waals surface area contributed by atoms with Crippen molar-refractivity contribution in [2.24, 2.45) is 0 Å². The molecule has 0 saturated heterocycles. The molecule has 1 aromatic heterocycles. The molecule has 0 unspecified atom stereocenters. The summed E-state index contributed by atoms with van der Waals surface area (Å²) in [5.41, 5.74) is 1.07. The molecule has 122 valence electrons. The first-order valence-corrected chi connectivity index (χ1v) is 7.39. The van der Waals surface area contributed by atoms with E-state index in [0.29, 0.717) is 17.8 Å². The van der Waals surface area contributed by atoms with Crippen LogP contribution in [-0.2, 0) is 4.79 Å². The smallest absolute Gasteiger partial charge is 0.255 e. The maximum atomic E-state index is 13.8. The minimum atomic E-state index is -0.426. The van der Waals surface area contributed by atoms with E-state index < -0.39 is 11.7 Å². The van der Waals surface area contributed by atoms with E-state index in [0.717, 1.165) is 6.42 Å². The van der Waals surface area contributed by atoms with E-state index in [1.165, 1.54) is 16.9 Å². The number of carbonyl (C=O) groups is 2. The van der Waals surface area contributed by atoms with Crippen molar-refractivity contribution < 1.29 is 14.0 Å². The van der Waals surface area contributed by atoms with Gasteiger partial charge in [-0.2, -0.15) is 5.10 Å². The molecule has 0 spiro atoms. The number of halogens is 1. The van der Waals surface area contributed by atoms with Crippen molar-refractivity contribution in [2.75, 3.05) is 13.1 Å². The van der Waals surface area contributed by atoms with E-state index in [1.54, 1.807) is 25.1 Å². The van der Waals surface area contributed by atoms with Crippen molar-refractivity contribution >= 4 is 11.8 Å². The third kappa shape index (κ3) is 3.94. The molecule has 0 bridgehead atoms. The van der Waals surface area contributed by atoms with Crippen LogP contribution in [0.15, 0.2) is 30.5 Å². The van der Waals surface area contributed by atoms with Crippen molar-refractivity contribution in [1.29, 1.82) is 0 Å². The fourth-order valence-electron chi connectivity index (χ4n) is 2.08. The maximum Gasteiger partial charge on any atom is 0.255 e. The number of hydrogen-bond donors (Lipinski definition) is 2. The molecule has 2 N–H and O–H groups in total. The van der Waals surface area contributed by atoms with Gasteiger partial charge in [0.25, 0.3) is 5.91 Å². The number of benzene rings is 1. The third-order valence-electron chi connectivity index (χ3n) is 3.32.